The molecular weight excluding hydrogens is 180 g/mol. The molecule has 0 saturated carbocycles. The number of carbonyl (C=O) groups is 1. The highest BCUT2D eigenvalue weighted by atomic mass is 16.5. The van der Waals surface area contributed by atoms with Crippen molar-refractivity contribution < 1.29 is 9.53 Å². The van der Waals surface area contributed by atoms with Gasteiger partial charge in [0.05, 0.1) is 19.2 Å². The van der Waals surface area contributed by atoms with Gasteiger partial charge in [0, 0.05) is 6.54 Å². The number of nitrogens with zero attached hydrogens (tertiary/aromatic N) is 2. The number of nitriles is 1. The predicted octanol–water partition coefficient (Wildman–Crippen LogP) is 0.926. The molecule has 14 heavy (non-hydrogen) atoms. The average molecular weight is 196 g/mol. The maximum atomic E-state index is 11.4. The van der Waals surface area contributed by atoms with Gasteiger partial charge in [0.1, 0.15) is 6.04 Å². The number of carbonyl (C=O) groups excluding carboxylic acids is 1. The summed E-state index contributed by atoms with van der Waals surface area (Å²) in [5.74, 6) is -0.216. The van der Waals surface area contributed by atoms with Gasteiger partial charge in [0.15, 0.2) is 0 Å². The van der Waals surface area contributed by atoms with Crippen molar-refractivity contribution >= 4 is 5.97 Å². The molecule has 4 heteroatoms. The summed E-state index contributed by atoms with van der Waals surface area (Å²) in [6.45, 7) is 2.63. The molecule has 1 rings (SSSR count). The molecule has 0 aromatic carbocycles. The summed E-state index contributed by atoms with van der Waals surface area (Å²) in [5, 5.41) is 8.82. The molecule has 1 heterocycles. The Labute approximate surface area is 84.4 Å². The minimum Gasteiger partial charge on any atom is -0.468 e. The van der Waals surface area contributed by atoms with Crippen LogP contribution in [0.5, 0.6) is 0 Å². The molecule has 1 saturated heterocycles. The van der Waals surface area contributed by atoms with Crippen LogP contribution in [0.4, 0.5) is 0 Å². The Morgan fingerprint density at radius 2 is 2.36 bits per heavy atom. The highest BCUT2D eigenvalue weighted by Crippen LogP contribution is 2.20. The lowest BCUT2D eigenvalue weighted by Gasteiger charge is -2.35. The van der Waals surface area contributed by atoms with Crippen molar-refractivity contribution in [3.63, 3.8) is 0 Å². The molecule has 0 bridgehead atoms. The van der Waals surface area contributed by atoms with E-state index >= 15 is 0 Å². The molecule has 1 fully saturated rings. The number of ether oxygens (including phenoxy) is 1. The maximum absolute atomic E-state index is 11.4. The van der Waals surface area contributed by atoms with Gasteiger partial charge < -0.3 is 4.74 Å². The number of likely N-dealkylation sites (tertiary alicyclic amines) is 1. The second-order valence-electron chi connectivity index (χ2n) is 3.58. The van der Waals surface area contributed by atoms with Crippen LogP contribution in [0.2, 0.25) is 0 Å². The number of hydrogen-bond acceptors (Lipinski definition) is 4. The summed E-state index contributed by atoms with van der Waals surface area (Å²) in [6.07, 6.45) is 2.90. The third kappa shape index (κ3) is 2.24. The third-order valence-electron chi connectivity index (χ3n) is 2.70. The highest BCUT2D eigenvalue weighted by Gasteiger charge is 2.32. The summed E-state index contributed by atoms with van der Waals surface area (Å²) in [5.41, 5.74) is 0. The maximum Gasteiger partial charge on any atom is 0.323 e. The fraction of sp³-hybridized carbons (Fsp3) is 0.800. The van der Waals surface area contributed by atoms with E-state index in [1.807, 2.05) is 11.8 Å². The van der Waals surface area contributed by atoms with Crippen LogP contribution in [0.3, 0.4) is 0 Å². The standard InChI is InChI=1S/C10H16N2O2/c1-8(7-11)12-6-4-3-5-9(12)10(13)14-2/h8-9H,3-6H2,1-2H3/t8?,9-/m1/s1. The molecule has 78 valence electrons. The molecule has 0 aromatic heterocycles. The first-order valence-electron chi connectivity index (χ1n) is 4.94. The van der Waals surface area contributed by atoms with E-state index in [0.717, 1.165) is 25.8 Å². The number of esters is 1. The van der Waals surface area contributed by atoms with Gasteiger partial charge in [0.2, 0.25) is 0 Å². The molecule has 0 aromatic rings. The van der Waals surface area contributed by atoms with Gasteiger partial charge in [-0.1, -0.05) is 6.42 Å². The Morgan fingerprint density at radius 1 is 1.64 bits per heavy atom. The second kappa shape index (κ2) is 4.97. The molecule has 0 radical (unpaired) electrons. The van der Waals surface area contributed by atoms with Crippen LogP contribution in [0.25, 0.3) is 0 Å². The van der Waals surface area contributed by atoms with Crippen LogP contribution in [0.1, 0.15) is 26.2 Å². The van der Waals surface area contributed by atoms with Gasteiger partial charge in [-0.05, 0) is 19.8 Å². The summed E-state index contributed by atoms with van der Waals surface area (Å²) in [7, 11) is 1.39. The summed E-state index contributed by atoms with van der Waals surface area (Å²) >= 11 is 0. The van der Waals surface area contributed by atoms with E-state index in [9.17, 15) is 4.79 Å². The number of hydrogen-bond donors (Lipinski definition) is 0. The van der Waals surface area contributed by atoms with E-state index in [2.05, 4.69) is 6.07 Å². The van der Waals surface area contributed by atoms with Gasteiger partial charge in [-0.15, -0.1) is 0 Å². The Balaban J connectivity index is 2.69. The first-order chi connectivity index (χ1) is 6.70. The number of rotatable bonds is 2. The molecule has 0 N–H and O–H groups in total. The van der Waals surface area contributed by atoms with Crippen molar-refractivity contribution in [1.29, 1.82) is 5.26 Å². The molecule has 0 aliphatic carbocycles. The van der Waals surface area contributed by atoms with Crippen molar-refractivity contribution in [2.75, 3.05) is 13.7 Å². The van der Waals surface area contributed by atoms with Crippen molar-refractivity contribution in [2.24, 2.45) is 0 Å². The van der Waals surface area contributed by atoms with E-state index in [1.165, 1.54) is 7.11 Å². The van der Waals surface area contributed by atoms with E-state index in [1.54, 1.807) is 0 Å². The summed E-state index contributed by atoms with van der Waals surface area (Å²) in [4.78, 5) is 13.4. The molecule has 0 amide bonds. The number of piperidine rings is 1. The predicted molar refractivity (Wildman–Crippen MR) is 51.4 cm³/mol. The van der Waals surface area contributed by atoms with Crippen LogP contribution >= 0.6 is 0 Å². The Morgan fingerprint density at radius 3 is 2.93 bits per heavy atom. The lowest BCUT2D eigenvalue weighted by atomic mass is 10.0. The Kier molecular flexibility index (Phi) is 3.90. The largest absolute Gasteiger partial charge is 0.468 e. The lowest BCUT2D eigenvalue weighted by molar-refractivity contribution is -0.148. The zero-order chi connectivity index (χ0) is 10.6. The second-order valence-corrected chi connectivity index (χ2v) is 3.58. The van der Waals surface area contributed by atoms with E-state index < -0.39 is 0 Å². The fourth-order valence-electron chi connectivity index (χ4n) is 1.88. The minimum atomic E-state index is -0.219. The highest BCUT2D eigenvalue weighted by molar-refractivity contribution is 5.75. The van der Waals surface area contributed by atoms with Crippen LogP contribution in [-0.4, -0.2) is 36.6 Å². The minimum absolute atomic E-state index is 0.209. The van der Waals surface area contributed by atoms with Gasteiger partial charge in [0.25, 0.3) is 0 Å². The van der Waals surface area contributed by atoms with Crippen molar-refractivity contribution in [3.8, 4) is 6.07 Å². The third-order valence-corrected chi connectivity index (χ3v) is 2.70. The molecule has 4 nitrogen and oxygen atoms in total. The first kappa shape index (κ1) is 11.0. The molecule has 1 unspecified atom stereocenters. The van der Waals surface area contributed by atoms with Gasteiger partial charge in [-0.25, -0.2) is 0 Å². The van der Waals surface area contributed by atoms with Gasteiger partial charge >= 0.3 is 5.97 Å². The van der Waals surface area contributed by atoms with Gasteiger partial charge in [-0.3, -0.25) is 9.69 Å². The van der Waals surface area contributed by atoms with E-state index in [4.69, 9.17) is 10.00 Å². The first-order valence-corrected chi connectivity index (χ1v) is 4.94. The van der Waals surface area contributed by atoms with Crippen LogP contribution in [0, 0.1) is 11.3 Å². The van der Waals surface area contributed by atoms with Crippen molar-refractivity contribution in [3.05, 3.63) is 0 Å². The normalized spacial score (nSPS) is 25.1. The molecule has 0 spiro atoms. The monoisotopic (exact) mass is 196 g/mol. The smallest absolute Gasteiger partial charge is 0.323 e. The van der Waals surface area contributed by atoms with Crippen molar-refractivity contribution in [2.45, 2.75) is 38.3 Å². The summed E-state index contributed by atoms with van der Waals surface area (Å²) < 4.78 is 4.72. The summed E-state index contributed by atoms with van der Waals surface area (Å²) in [6, 6.07) is 1.73. The zero-order valence-electron chi connectivity index (χ0n) is 8.69. The van der Waals surface area contributed by atoms with E-state index in [0.29, 0.717) is 0 Å². The lowest BCUT2D eigenvalue weighted by Crippen LogP contribution is -2.49. The SMILES string of the molecule is COC(=O)[C@H]1CCCCN1C(C)C#N. The quantitative estimate of drug-likeness (QED) is 0.616. The number of methoxy groups -OCH3 is 1. The van der Waals surface area contributed by atoms with Crippen molar-refractivity contribution in [1.82, 2.24) is 4.90 Å². The van der Waals surface area contributed by atoms with Crippen LogP contribution in [0.15, 0.2) is 0 Å². The molecule has 1 aliphatic heterocycles. The zero-order valence-corrected chi connectivity index (χ0v) is 8.69. The molecular formula is C10H16N2O2. The van der Waals surface area contributed by atoms with Gasteiger partial charge in [-0.2, -0.15) is 5.26 Å². The molecule has 2 atom stereocenters. The Bertz CT molecular complexity index is 247. The van der Waals surface area contributed by atoms with E-state index in [-0.39, 0.29) is 18.1 Å². The van der Waals surface area contributed by atoms with Crippen LogP contribution < -0.4 is 0 Å². The average Bonchev–Trinajstić information content (AvgIpc) is 2.27. The topological polar surface area (TPSA) is 53.3 Å². The Hall–Kier alpha value is -1.08. The fourth-order valence-corrected chi connectivity index (χ4v) is 1.88. The van der Waals surface area contributed by atoms with Crippen LogP contribution in [-0.2, 0) is 9.53 Å². The molecule has 1 aliphatic rings.